The van der Waals surface area contributed by atoms with Gasteiger partial charge in [0, 0.05) is 20.1 Å². The Morgan fingerprint density at radius 1 is 1.04 bits per heavy atom. The van der Waals surface area contributed by atoms with Crippen molar-refractivity contribution in [3.8, 4) is 0 Å². The van der Waals surface area contributed by atoms with Gasteiger partial charge in [-0.05, 0) is 30.2 Å². The van der Waals surface area contributed by atoms with Crippen LogP contribution < -0.4 is 15.8 Å². The molecule has 0 aliphatic heterocycles. The van der Waals surface area contributed by atoms with Crippen LogP contribution in [0.5, 0.6) is 0 Å². The lowest BCUT2D eigenvalue weighted by Crippen LogP contribution is -2.36. The van der Waals surface area contributed by atoms with E-state index >= 15 is 0 Å². The van der Waals surface area contributed by atoms with Crippen LogP contribution in [0.1, 0.15) is 16.7 Å². The van der Waals surface area contributed by atoms with Crippen LogP contribution in [0.2, 0.25) is 0 Å². The number of nitrogens with zero attached hydrogens (tertiary/aromatic N) is 1. The van der Waals surface area contributed by atoms with Crippen molar-refractivity contribution in [2.45, 2.75) is 24.9 Å². The molecule has 25 heavy (non-hydrogen) atoms. The Morgan fingerprint density at radius 2 is 1.60 bits per heavy atom. The molecule has 0 unspecified atom stereocenters. The molecule has 0 spiro atoms. The number of aryl methyl sites for hydroxylation is 1. The summed E-state index contributed by atoms with van der Waals surface area (Å²) in [4.78, 5) is 4.26. The molecule has 2 aromatic rings. The van der Waals surface area contributed by atoms with Crippen LogP contribution >= 0.6 is 24.0 Å². The Morgan fingerprint density at radius 3 is 2.12 bits per heavy atom. The minimum Gasteiger partial charge on any atom is -0.352 e. The highest BCUT2D eigenvalue weighted by Gasteiger charge is 2.08. The maximum absolute atomic E-state index is 11.4. The van der Waals surface area contributed by atoms with E-state index < -0.39 is 10.0 Å². The third kappa shape index (κ3) is 7.00. The zero-order valence-corrected chi connectivity index (χ0v) is 17.3. The highest BCUT2D eigenvalue weighted by atomic mass is 127. The second-order valence-electron chi connectivity index (χ2n) is 5.46. The summed E-state index contributed by atoms with van der Waals surface area (Å²) >= 11 is 0. The number of rotatable bonds is 5. The Bertz CT molecular complexity index is 838. The van der Waals surface area contributed by atoms with Crippen molar-refractivity contribution in [1.82, 2.24) is 10.6 Å². The number of primary sulfonamides is 1. The van der Waals surface area contributed by atoms with E-state index in [4.69, 9.17) is 5.14 Å². The number of aliphatic imine (C=N–C) groups is 1. The van der Waals surface area contributed by atoms with E-state index in [0.29, 0.717) is 19.0 Å². The lowest BCUT2D eigenvalue weighted by Gasteiger charge is -2.12. The first kappa shape index (κ1) is 21.4. The van der Waals surface area contributed by atoms with Gasteiger partial charge in [0.05, 0.1) is 4.90 Å². The third-order valence-corrected chi connectivity index (χ3v) is 4.36. The van der Waals surface area contributed by atoms with Gasteiger partial charge in [-0.3, -0.25) is 4.99 Å². The highest BCUT2D eigenvalue weighted by molar-refractivity contribution is 14.0. The number of nitrogens with two attached hydrogens (primary N) is 1. The average Bonchev–Trinajstić information content (AvgIpc) is 2.54. The van der Waals surface area contributed by atoms with Crippen LogP contribution in [-0.4, -0.2) is 21.4 Å². The Balaban J connectivity index is 0.00000312. The third-order valence-electron chi connectivity index (χ3n) is 3.45. The zero-order valence-electron chi connectivity index (χ0n) is 14.2. The van der Waals surface area contributed by atoms with Crippen LogP contribution in [0.4, 0.5) is 0 Å². The van der Waals surface area contributed by atoms with Crippen molar-refractivity contribution in [2.75, 3.05) is 7.05 Å². The fourth-order valence-corrected chi connectivity index (χ4v) is 2.83. The predicted octanol–water partition coefficient (Wildman–Crippen LogP) is 2.13. The number of nitrogens with one attached hydrogen (secondary N) is 2. The van der Waals surface area contributed by atoms with Crippen LogP contribution in [0.25, 0.3) is 0 Å². The Hall–Kier alpha value is -1.65. The lowest BCUT2D eigenvalue weighted by molar-refractivity contribution is 0.597. The molecule has 0 bridgehead atoms. The number of halogens is 1. The SMILES string of the molecule is CN=C(NCc1cccc(C)c1)NCc1cccc(S(N)(=O)=O)c1.I. The van der Waals surface area contributed by atoms with Crippen molar-refractivity contribution in [1.29, 1.82) is 0 Å². The van der Waals surface area contributed by atoms with Gasteiger partial charge in [-0.15, -0.1) is 24.0 Å². The van der Waals surface area contributed by atoms with Crippen molar-refractivity contribution in [3.63, 3.8) is 0 Å². The summed E-state index contributed by atoms with van der Waals surface area (Å²) in [6, 6.07) is 14.7. The molecular formula is C17H23IN4O2S. The molecule has 0 aromatic heterocycles. The summed E-state index contributed by atoms with van der Waals surface area (Å²) in [6.45, 7) is 3.14. The largest absolute Gasteiger partial charge is 0.352 e. The minimum atomic E-state index is -3.69. The molecule has 0 fully saturated rings. The number of benzene rings is 2. The van der Waals surface area contributed by atoms with Gasteiger partial charge in [0.2, 0.25) is 10.0 Å². The molecule has 0 heterocycles. The van der Waals surface area contributed by atoms with Crippen molar-refractivity contribution in [2.24, 2.45) is 10.1 Å². The summed E-state index contributed by atoms with van der Waals surface area (Å²) in [5.74, 6) is 0.637. The molecule has 2 rings (SSSR count). The quantitative estimate of drug-likeness (QED) is 0.352. The van der Waals surface area contributed by atoms with Gasteiger partial charge in [0.25, 0.3) is 0 Å². The molecule has 0 aliphatic rings. The van der Waals surface area contributed by atoms with Crippen LogP contribution in [0.15, 0.2) is 58.4 Å². The average molecular weight is 474 g/mol. The van der Waals surface area contributed by atoms with Gasteiger partial charge < -0.3 is 10.6 Å². The van der Waals surface area contributed by atoms with E-state index in [1.54, 1.807) is 19.2 Å². The van der Waals surface area contributed by atoms with Crippen molar-refractivity contribution in [3.05, 3.63) is 65.2 Å². The standard InChI is InChI=1S/C17H22N4O2S.HI/c1-13-5-3-6-14(9-13)11-20-17(19-2)21-12-15-7-4-8-16(10-15)24(18,22)23;/h3-10H,11-12H2,1-2H3,(H2,18,22,23)(H2,19,20,21);1H. The van der Waals surface area contributed by atoms with Crippen LogP contribution in [0.3, 0.4) is 0 Å². The van der Waals surface area contributed by atoms with E-state index in [-0.39, 0.29) is 28.9 Å². The summed E-state index contributed by atoms with van der Waals surface area (Å²) in [5.41, 5.74) is 3.17. The van der Waals surface area contributed by atoms with E-state index in [1.807, 2.05) is 18.2 Å². The molecule has 0 radical (unpaired) electrons. The fourth-order valence-electron chi connectivity index (χ4n) is 2.25. The second kappa shape index (κ2) is 9.73. The molecule has 4 N–H and O–H groups in total. The normalized spacial score (nSPS) is 11.6. The Labute approximate surface area is 166 Å². The number of sulfonamides is 1. The van der Waals surface area contributed by atoms with Gasteiger partial charge in [-0.2, -0.15) is 0 Å². The number of hydrogen-bond acceptors (Lipinski definition) is 3. The molecule has 2 aromatic carbocycles. The molecule has 0 saturated heterocycles. The maximum atomic E-state index is 11.4. The van der Waals surface area contributed by atoms with Gasteiger partial charge in [-0.1, -0.05) is 42.0 Å². The van der Waals surface area contributed by atoms with Gasteiger partial charge >= 0.3 is 0 Å². The highest BCUT2D eigenvalue weighted by Crippen LogP contribution is 2.09. The zero-order chi connectivity index (χ0) is 17.6. The molecule has 0 aliphatic carbocycles. The maximum Gasteiger partial charge on any atom is 0.238 e. The van der Waals surface area contributed by atoms with Gasteiger partial charge in [-0.25, -0.2) is 13.6 Å². The van der Waals surface area contributed by atoms with Gasteiger partial charge in [0.1, 0.15) is 0 Å². The summed E-state index contributed by atoms with van der Waals surface area (Å²) < 4.78 is 22.8. The van der Waals surface area contributed by atoms with Crippen LogP contribution in [0, 0.1) is 6.92 Å². The smallest absolute Gasteiger partial charge is 0.238 e. The van der Waals surface area contributed by atoms with Crippen molar-refractivity contribution >= 4 is 40.0 Å². The molecule has 136 valence electrons. The first-order chi connectivity index (χ1) is 11.4. The predicted molar refractivity (Wildman–Crippen MR) is 111 cm³/mol. The van der Waals surface area contributed by atoms with E-state index in [9.17, 15) is 8.42 Å². The van der Waals surface area contributed by atoms with E-state index in [2.05, 4.69) is 34.7 Å². The van der Waals surface area contributed by atoms with E-state index in [0.717, 1.165) is 11.1 Å². The molecule has 6 nitrogen and oxygen atoms in total. The second-order valence-corrected chi connectivity index (χ2v) is 7.02. The first-order valence-electron chi connectivity index (χ1n) is 7.50. The fraction of sp³-hybridized carbons (Fsp3) is 0.235. The number of hydrogen-bond donors (Lipinski definition) is 3. The van der Waals surface area contributed by atoms with Crippen molar-refractivity contribution < 1.29 is 8.42 Å². The molecule has 0 saturated carbocycles. The summed E-state index contributed by atoms with van der Waals surface area (Å²) in [6.07, 6.45) is 0. The number of guanidine groups is 1. The molecular weight excluding hydrogens is 451 g/mol. The van der Waals surface area contributed by atoms with Gasteiger partial charge in [0.15, 0.2) is 5.96 Å². The van der Waals surface area contributed by atoms with E-state index in [1.165, 1.54) is 11.6 Å². The molecule has 0 amide bonds. The summed E-state index contributed by atoms with van der Waals surface area (Å²) in [5, 5.41) is 11.5. The topological polar surface area (TPSA) is 96.6 Å². The Kier molecular flexibility index (Phi) is 8.33. The summed E-state index contributed by atoms with van der Waals surface area (Å²) in [7, 11) is -2.01. The lowest BCUT2D eigenvalue weighted by atomic mass is 10.1. The monoisotopic (exact) mass is 474 g/mol. The minimum absolute atomic E-state index is 0. The first-order valence-corrected chi connectivity index (χ1v) is 9.05. The van der Waals surface area contributed by atoms with Crippen LogP contribution in [-0.2, 0) is 23.1 Å². The molecule has 0 atom stereocenters. The molecule has 8 heteroatoms.